The number of rotatable bonds is 5. The number of hydrogen-bond acceptors (Lipinski definition) is 5. The highest BCUT2D eigenvalue weighted by Gasteiger charge is 2.34. The molecule has 2 N–H and O–H groups in total. The van der Waals surface area contributed by atoms with E-state index in [9.17, 15) is 31.9 Å². The second-order valence-electron chi connectivity index (χ2n) is 8.84. The van der Waals surface area contributed by atoms with Crippen LogP contribution in [0.5, 0.6) is 0 Å². The van der Waals surface area contributed by atoms with Gasteiger partial charge >= 0.3 is 0 Å². The van der Waals surface area contributed by atoms with Crippen LogP contribution in [0.4, 0.5) is 23.2 Å². The molecule has 0 spiro atoms. The number of halogens is 4. The molecule has 4 aromatic rings. The standard InChI is InChI=1S/C25H19F4N5O3/c1-10(6-13-20(28)14(26)9-15(27)21(13)29)31-16-4-5-30-23(35)19(16)22-32-17-7-11-12(8-18(17)33(22)2)25(37)34(3)24(11)36/h4-5,7-10H,6H2,1-3H3,(H2,30,31,35). The lowest BCUT2D eigenvalue weighted by molar-refractivity contribution is 0.0693. The summed E-state index contributed by atoms with van der Waals surface area (Å²) in [6.45, 7) is 1.53. The molecule has 12 heteroatoms. The molecule has 1 aliphatic heterocycles. The van der Waals surface area contributed by atoms with E-state index >= 15 is 0 Å². The van der Waals surface area contributed by atoms with E-state index in [4.69, 9.17) is 0 Å². The maximum absolute atomic E-state index is 14.2. The average molecular weight is 513 g/mol. The molecule has 1 atom stereocenters. The fourth-order valence-electron chi connectivity index (χ4n) is 4.51. The largest absolute Gasteiger partial charge is 0.381 e. The fraction of sp³-hybridized carbons (Fsp3) is 0.200. The van der Waals surface area contributed by atoms with Crippen LogP contribution < -0.4 is 10.9 Å². The number of benzene rings is 2. The van der Waals surface area contributed by atoms with E-state index in [0.717, 1.165) is 4.90 Å². The number of nitrogens with one attached hydrogen (secondary N) is 2. The van der Waals surface area contributed by atoms with Crippen LogP contribution in [0.15, 0.2) is 35.3 Å². The third-order valence-corrected chi connectivity index (χ3v) is 6.39. The zero-order valence-electron chi connectivity index (χ0n) is 19.7. The van der Waals surface area contributed by atoms with Crippen molar-refractivity contribution in [3.63, 3.8) is 0 Å². The summed E-state index contributed by atoms with van der Waals surface area (Å²) in [5.41, 5.74) is 0.298. The summed E-state index contributed by atoms with van der Waals surface area (Å²) < 4.78 is 57.2. The van der Waals surface area contributed by atoms with Crippen LogP contribution in [-0.4, -0.2) is 44.3 Å². The van der Waals surface area contributed by atoms with Gasteiger partial charge in [0.1, 0.15) is 11.4 Å². The number of aromatic nitrogens is 3. The molecular formula is C25H19F4N5O3. The van der Waals surface area contributed by atoms with Crippen molar-refractivity contribution in [3.8, 4) is 11.4 Å². The zero-order chi connectivity index (χ0) is 26.8. The summed E-state index contributed by atoms with van der Waals surface area (Å²) >= 11 is 0. The van der Waals surface area contributed by atoms with Crippen molar-refractivity contribution in [1.29, 1.82) is 0 Å². The second-order valence-corrected chi connectivity index (χ2v) is 8.84. The van der Waals surface area contributed by atoms with E-state index in [1.165, 1.54) is 38.4 Å². The highest BCUT2D eigenvalue weighted by atomic mass is 19.2. The van der Waals surface area contributed by atoms with E-state index in [2.05, 4.69) is 15.3 Å². The number of hydrogen-bond donors (Lipinski definition) is 2. The van der Waals surface area contributed by atoms with Gasteiger partial charge in [-0.05, 0) is 31.5 Å². The molecule has 2 aromatic carbocycles. The molecule has 0 fully saturated rings. The van der Waals surface area contributed by atoms with Crippen molar-refractivity contribution in [1.82, 2.24) is 19.4 Å². The maximum Gasteiger partial charge on any atom is 0.261 e. The lowest BCUT2D eigenvalue weighted by atomic mass is 10.0. The summed E-state index contributed by atoms with van der Waals surface area (Å²) in [6, 6.07) is 3.89. The Morgan fingerprint density at radius 1 is 0.973 bits per heavy atom. The third-order valence-electron chi connectivity index (χ3n) is 6.39. The Labute approximate surface area is 206 Å². The van der Waals surface area contributed by atoms with E-state index in [0.29, 0.717) is 11.0 Å². The summed E-state index contributed by atoms with van der Waals surface area (Å²) in [5, 5.41) is 2.96. The smallest absolute Gasteiger partial charge is 0.261 e. The summed E-state index contributed by atoms with van der Waals surface area (Å²) in [7, 11) is 3.01. The SMILES string of the molecule is CC(Cc1c(F)c(F)cc(F)c1F)Nc1cc[nH]c(=O)c1-c1nc2cc3c(cc2n1C)C(=O)N(C)C3=O. The minimum atomic E-state index is -1.51. The van der Waals surface area contributed by atoms with Crippen molar-refractivity contribution in [2.24, 2.45) is 7.05 Å². The molecule has 0 saturated heterocycles. The molecule has 1 unspecified atom stereocenters. The highest BCUT2D eigenvalue weighted by molar-refractivity contribution is 6.22. The molecule has 2 aromatic heterocycles. The molecule has 0 saturated carbocycles. The van der Waals surface area contributed by atoms with E-state index in [1.54, 1.807) is 11.6 Å². The predicted molar refractivity (Wildman–Crippen MR) is 126 cm³/mol. The van der Waals surface area contributed by atoms with Crippen molar-refractivity contribution >= 4 is 28.5 Å². The molecule has 0 aliphatic carbocycles. The molecule has 37 heavy (non-hydrogen) atoms. The number of carbonyl (C=O) groups excluding carboxylic acids is 2. The van der Waals surface area contributed by atoms with E-state index < -0.39 is 58.7 Å². The van der Waals surface area contributed by atoms with Gasteiger partial charge in [0.15, 0.2) is 23.3 Å². The normalized spacial score (nSPS) is 14.0. The number of carbonyl (C=O) groups is 2. The van der Waals surface area contributed by atoms with Crippen LogP contribution in [0, 0.1) is 23.3 Å². The number of imidazole rings is 1. The van der Waals surface area contributed by atoms with Crippen LogP contribution >= 0.6 is 0 Å². The van der Waals surface area contributed by atoms with Gasteiger partial charge in [-0.2, -0.15) is 0 Å². The first-order chi connectivity index (χ1) is 17.5. The quantitative estimate of drug-likeness (QED) is 0.241. The molecule has 0 radical (unpaired) electrons. The third kappa shape index (κ3) is 3.76. The number of imide groups is 1. The number of nitrogens with zero attached hydrogens (tertiary/aromatic N) is 3. The number of pyridine rings is 1. The lowest BCUT2D eigenvalue weighted by Crippen LogP contribution is -2.24. The zero-order valence-corrected chi connectivity index (χ0v) is 19.7. The van der Waals surface area contributed by atoms with Gasteiger partial charge in [0.05, 0.1) is 27.8 Å². The molecular weight excluding hydrogens is 494 g/mol. The fourth-order valence-corrected chi connectivity index (χ4v) is 4.51. The average Bonchev–Trinajstić information content (AvgIpc) is 3.28. The van der Waals surface area contributed by atoms with Crippen LogP contribution in [0.1, 0.15) is 33.2 Å². The van der Waals surface area contributed by atoms with Crippen LogP contribution in [0.2, 0.25) is 0 Å². The molecule has 5 rings (SSSR count). The number of H-pyrrole nitrogens is 1. The van der Waals surface area contributed by atoms with Crippen molar-refractivity contribution in [3.05, 3.63) is 80.8 Å². The van der Waals surface area contributed by atoms with Crippen LogP contribution in [-0.2, 0) is 13.5 Å². The van der Waals surface area contributed by atoms with Gasteiger partial charge in [0, 0.05) is 38.0 Å². The van der Waals surface area contributed by atoms with Crippen LogP contribution in [0.3, 0.4) is 0 Å². The van der Waals surface area contributed by atoms with Gasteiger partial charge in [0.2, 0.25) is 0 Å². The van der Waals surface area contributed by atoms with Gasteiger partial charge < -0.3 is 14.9 Å². The first kappa shape index (κ1) is 24.2. The summed E-state index contributed by atoms with van der Waals surface area (Å²) in [4.78, 5) is 45.7. The Bertz CT molecular complexity index is 1670. The van der Waals surface area contributed by atoms with E-state index in [-0.39, 0.29) is 34.3 Å². The summed E-state index contributed by atoms with van der Waals surface area (Å²) in [5.74, 6) is -6.71. The number of fused-ring (bicyclic) bond motifs is 2. The van der Waals surface area contributed by atoms with Crippen molar-refractivity contribution in [2.75, 3.05) is 12.4 Å². The minimum Gasteiger partial charge on any atom is -0.381 e. The number of anilines is 1. The first-order valence-electron chi connectivity index (χ1n) is 11.1. The number of aryl methyl sites for hydroxylation is 1. The highest BCUT2D eigenvalue weighted by Crippen LogP contribution is 2.32. The molecule has 8 nitrogen and oxygen atoms in total. The predicted octanol–water partition coefficient (Wildman–Crippen LogP) is 3.75. The Hall–Kier alpha value is -4.48. The molecule has 0 bridgehead atoms. The Balaban J connectivity index is 1.55. The molecule has 1 aliphatic rings. The Morgan fingerprint density at radius 2 is 1.59 bits per heavy atom. The van der Waals surface area contributed by atoms with Gasteiger partial charge in [-0.15, -0.1) is 0 Å². The first-order valence-corrected chi connectivity index (χ1v) is 11.1. The second kappa shape index (κ2) is 8.57. The molecule has 190 valence electrons. The topological polar surface area (TPSA) is 100 Å². The lowest BCUT2D eigenvalue weighted by Gasteiger charge is -2.18. The van der Waals surface area contributed by atoms with E-state index in [1.807, 2.05) is 0 Å². The van der Waals surface area contributed by atoms with Crippen molar-refractivity contribution in [2.45, 2.75) is 19.4 Å². The monoisotopic (exact) mass is 513 g/mol. The van der Waals surface area contributed by atoms with Gasteiger partial charge in [0.25, 0.3) is 17.4 Å². The van der Waals surface area contributed by atoms with Crippen molar-refractivity contribution < 1.29 is 27.2 Å². The Morgan fingerprint density at radius 3 is 2.24 bits per heavy atom. The summed E-state index contributed by atoms with van der Waals surface area (Å²) in [6.07, 6.45) is 0.930. The van der Waals surface area contributed by atoms with Gasteiger partial charge in [-0.25, -0.2) is 22.5 Å². The minimum absolute atomic E-state index is 0.0781. The Kier molecular flexibility index (Phi) is 5.61. The number of aromatic amines is 1. The van der Waals surface area contributed by atoms with Gasteiger partial charge in [-0.3, -0.25) is 19.3 Å². The van der Waals surface area contributed by atoms with Crippen LogP contribution in [0.25, 0.3) is 22.4 Å². The molecule has 2 amide bonds. The molecule has 3 heterocycles. The van der Waals surface area contributed by atoms with Gasteiger partial charge in [-0.1, -0.05) is 0 Å². The maximum atomic E-state index is 14.2. The number of amides is 2.